The highest BCUT2D eigenvalue weighted by molar-refractivity contribution is 7.17. The van der Waals surface area contributed by atoms with Gasteiger partial charge in [0.05, 0.1) is 11.4 Å². The second-order valence-electron chi connectivity index (χ2n) is 5.75. The van der Waals surface area contributed by atoms with Gasteiger partial charge in [-0.25, -0.2) is 14.6 Å². The van der Waals surface area contributed by atoms with Gasteiger partial charge >= 0.3 is 11.7 Å². The fourth-order valence-electron chi connectivity index (χ4n) is 2.41. The monoisotopic (exact) mass is 371 g/mol. The van der Waals surface area contributed by atoms with Crippen molar-refractivity contribution in [2.75, 3.05) is 0 Å². The maximum atomic E-state index is 12.4. The van der Waals surface area contributed by atoms with Crippen LogP contribution in [-0.4, -0.2) is 20.1 Å². The van der Waals surface area contributed by atoms with E-state index in [1.807, 2.05) is 30.3 Å². The number of aromatic nitrogens is 3. The summed E-state index contributed by atoms with van der Waals surface area (Å²) in [7, 11) is 2.92. The van der Waals surface area contributed by atoms with E-state index < -0.39 is 17.2 Å². The number of esters is 1. The van der Waals surface area contributed by atoms with Gasteiger partial charge in [-0.2, -0.15) is 0 Å². The molecule has 134 valence electrons. The normalized spacial score (nSPS) is 10.7. The molecule has 0 aliphatic rings. The van der Waals surface area contributed by atoms with E-state index in [9.17, 15) is 14.4 Å². The van der Waals surface area contributed by atoms with Gasteiger partial charge in [0.1, 0.15) is 16.5 Å². The maximum absolute atomic E-state index is 12.4. The number of rotatable bonds is 4. The SMILES string of the molecule is Cc1nc(-c2ccccc2)sc1C(=O)OCc1cc(=O)n(C)c(=O)n1C. The summed E-state index contributed by atoms with van der Waals surface area (Å²) in [6.45, 7) is 1.58. The lowest BCUT2D eigenvalue weighted by molar-refractivity contribution is 0.0467. The molecule has 0 saturated carbocycles. The number of ether oxygens (including phenoxy) is 1. The minimum absolute atomic E-state index is 0.168. The summed E-state index contributed by atoms with van der Waals surface area (Å²) in [6.07, 6.45) is 0. The van der Waals surface area contributed by atoms with Crippen molar-refractivity contribution < 1.29 is 9.53 Å². The summed E-state index contributed by atoms with van der Waals surface area (Å²) in [5.41, 5.74) is 0.922. The zero-order valence-electron chi connectivity index (χ0n) is 14.6. The highest BCUT2D eigenvalue weighted by Crippen LogP contribution is 2.28. The van der Waals surface area contributed by atoms with Crippen LogP contribution >= 0.6 is 11.3 Å². The number of aryl methyl sites for hydroxylation is 1. The van der Waals surface area contributed by atoms with Crippen LogP contribution in [0.4, 0.5) is 0 Å². The summed E-state index contributed by atoms with van der Waals surface area (Å²) in [5.74, 6) is -0.532. The van der Waals surface area contributed by atoms with Gasteiger partial charge in [-0.15, -0.1) is 11.3 Å². The van der Waals surface area contributed by atoms with Gasteiger partial charge in [-0.05, 0) is 6.92 Å². The van der Waals surface area contributed by atoms with E-state index in [2.05, 4.69) is 4.98 Å². The Labute approximate surface area is 153 Å². The molecule has 0 aliphatic heterocycles. The highest BCUT2D eigenvalue weighted by atomic mass is 32.1. The molecule has 0 atom stereocenters. The molecule has 2 heterocycles. The molecule has 7 nitrogen and oxygen atoms in total. The molecule has 26 heavy (non-hydrogen) atoms. The first-order valence-corrected chi connectivity index (χ1v) is 8.66. The van der Waals surface area contributed by atoms with Gasteiger partial charge in [0.25, 0.3) is 5.56 Å². The Morgan fingerprint density at radius 3 is 2.54 bits per heavy atom. The van der Waals surface area contributed by atoms with Crippen molar-refractivity contribution >= 4 is 17.3 Å². The molecule has 0 amide bonds. The lowest BCUT2D eigenvalue weighted by Gasteiger charge is -2.09. The van der Waals surface area contributed by atoms with Crippen molar-refractivity contribution in [1.82, 2.24) is 14.1 Å². The van der Waals surface area contributed by atoms with Crippen LogP contribution in [0.2, 0.25) is 0 Å². The fraction of sp³-hybridized carbons (Fsp3) is 0.222. The predicted octanol–water partition coefficient (Wildman–Crippen LogP) is 1.87. The summed E-state index contributed by atoms with van der Waals surface area (Å²) in [6, 6.07) is 10.8. The second-order valence-corrected chi connectivity index (χ2v) is 6.75. The van der Waals surface area contributed by atoms with E-state index in [4.69, 9.17) is 4.74 Å². The van der Waals surface area contributed by atoms with Crippen LogP contribution < -0.4 is 11.2 Å². The van der Waals surface area contributed by atoms with Gasteiger partial charge in [0.2, 0.25) is 0 Å². The summed E-state index contributed by atoms with van der Waals surface area (Å²) < 4.78 is 7.57. The zero-order chi connectivity index (χ0) is 18.8. The van der Waals surface area contributed by atoms with Crippen LogP contribution in [0.15, 0.2) is 46.0 Å². The molecular weight excluding hydrogens is 354 g/mol. The van der Waals surface area contributed by atoms with Crippen molar-refractivity contribution in [3.63, 3.8) is 0 Å². The number of hydrogen-bond donors (Lipinski definition) is 0. The molecule has 0 N–H and O–H groups in total. The van der Waals surface area contributed by atoms with E-state index >= 15 is 0 Å². The molecule has 0 saturated heterocycles. The quantitative estimate of drug-likeness (QED) is 0.654. The number of thiazole rings is 1. The average molecular weight is 371 g/mol. The predicted molar refractivity (Wildman–Crippen MR) is 98.3 cm³/mol. The van der Waals surface area contributed by atoms with Crippen molar-refractivity contribution in [1.29, 1.82) is 0 Å². The Kier molecular flexibility index (Phi) is 4.85. The molecule has 0 radical (unpaired) electrons. The Hall–Kier alpha value is -3.00. The van der Waals surface area contributed by atoms with Crippen LogP contribution in [-0.2, 0) is 25.4 Å². The van der Waals surface area contributed by atoms with E-state index in [-0.39, 0.29) is 6.61 Å². The Bertz CT molecular complexity index is 1080. The zero-order valence-corrected chi connectivity index (χ0v) is 15.4. The van der Waals surface area contributed by atoms with Crippen LogP contribution in [0.3, 0.4) is 0 Å². The van der Waals surface area contributed by atoms with Crippen LogP contribution in [0.25, 0.3) is 10.6 Å². The topological polar surface area (TPSA) is 83.2 Å². The van der Waals surface area contributed by atoms with Gasteiger partial charge in [0.15, 0.2) is 0 Å². The largest absolute Gasteiger partial charge is 0.455 e. The number of carbonyl (C=O) groups is 1. The molecule has 8 heteroatoms. The Balaban J connectivity index is 1.81. The minimum atomic E-state index is -0.532. The molecule has 0 spiro atoms. The van der Waals surface area contributed by atoms with Crippen LogP contribution in [0.5, 0.6) is 0 Å². The van der Waals surface area contributed by atoms with Crippen molar-refractivity contribution in [3.05, 3.63) is 73.5 Å². The molecule has 0 unspecified atom stereocenters. The molecular formula is C18H17N3O4S. The number of hydrogen-bond acceptors (Lipinski definition) is 6. The van der Waals surface area contributed by atoms with E-state index in [1.165, 1.54) is 36.1 Å². The molecule has 3 aromatic rings. The molecule has 0 aliphatic carbocycles. The first-order valence-electron chi connectivity index (χ1n) is 7.84. The van der Waals surface area contributed by atoms with Crippen molar-refractivity contribution in [2.24, 2.45) is 14.1 Å². The second kappa shape index (κ2) is 7.09. The summed E-state index contributed by atoms with van der Waals surface area (Å²) in [4.78, 5) is 40.9. The number of benzene rings is 1. The maximum Gasteiger partial charge on any atom is 0.350 e. The van der Waals surface area contributed by atoms with Gasteiger partial charge < -0.3 is 4.74 Å². The lowest BCUT2D eigenvalue weighted by Crippen LogP contribution is -2.38. The molecule has 3 rings (SSSR count). The minimum Gasteiger partial charge on any atom is -0.455 e. The van der Waals surface area contributed by atoms with Crippen molar-refractivity contribution in [2.45, 2.75) is 13.5 Å². The smallest absolute Gasteiger partial charge is 0.350 e. The number of carbonyl (C=O) groups excluding carboxylic acids is 1. The van der Waals surface area contributed by atoms with E-state index in [0.29, 0.717) is 16.3 Å². The first-order chi connectivity index (χ1) is 12.4. The van der Waals surface area contributed by atoms with Crippen LogP contribution in [0, 0.1) is 6.92 Å². The van der Waals surface area contributed by atoms with E-state index in [1.54, 1.807) is 6.92 Å². The first kappa shape index (κ1) is 17.8. The third kappa shape index (κ3) is 3.36. The fourth-order valence-corrected chi connectivity index (χ4v) is 3.38. The van der Waals surface area contributed by atoms with Gasteiger partial charge in [0, 0.05) is 25.7 Å². The third-order valence-electron chi connectivity index (χ3n) is 3.98. The highest BCUT2D eigenvalue weighted by Gasteiger charge is 2.18. The lowest BCUT2D eigenvalue weighted by atomic mass is 10.2. The van der Waals surface area contributed by atoms with Gasteiger partial charge in [-0.1, -0.05) is 30.3 Å². The molecule has 1 aromatic carbocycles. The van der Waals surface area contributed by atoms with Crippen molar-refractivity contribution in [3.8, 4) is 10.6 Å². The number of nitrogens with zero attached hydrogens (tertiary/aromatic N) is 3. The molecule has 0 fully saturated rings. The van der Waals surface area contributed by atoms with Gasteiger partial charge in [-0.3, -0.25) is 13.9 Å². The Morgan fingerprint density at radius 1 is 1.15 bits per heavy atom. The van der Waals surface area contributed by atoms with Crippen LogP contribution in [0.1, 0.15) is 21.1 Å². The Morgan fingerprint density at radius 2 is 1.85 bits per heavy atom. The van der Waals surface area contributed by atoms with E-state index in [0.717, 1.165) is 15.1 Å². The standard InChI is InChI=1S/C18H17N3O4S/c1-11-15(26-16(19-11)12-7-5-4-6-8-12)17(23)25-10-13-9-14(22)21(3)18(24)20(13)2/h4-9H,10H2,1-3H3. The molecule has 2 aromatic heterocycles. The summed E-state index contributed by atoms with van der Waals surface area (Å²) in [5, 5.41) is 0.732. The molecule has 0 bridgehead atoms. The third-order valence-corrected chi connectivity index (χ3v) is 5.17. The summed E-state index contributed by atoms with van der Waals surface area (Å²) >= 11 is 1.25. The average Bonchev–Trinajstić information content (AvgIpc) is 3.04.